The largest absolute Gasteiger partial charge is 0.442 e. The number of hydrogen-bond donors (Lipinski definition) is 1. The molecule has 0 aliphatic rings. The predicted octanol–water partition coefficient (Wildman–Crippen LogP) is 2.82. The van der Waals surface area contributed by atoms with E-state index in [9.17, 15) is 0 Å². The number of thiophene rings is 1. The highest BCUT2D eigenvalue weighted by atomic mass is 32.1. The summed E-state index contributed by atoms with van der Waals surface area (Å²) in [5, 5.41) is 5.33. The van der Waals surface area contributed by atoms with Gasteiger partial charge in [0.1, 0.15) is 5.69 Å². The molecule has 2 aromatic rings. The summed E-state index contributed by atoms with van der Waals surface area (Å²) in [6.07, 6.45) is 1.52. The summed E-state index contributed by atoms with van der Waals surface area (Å²) >= 11 is 1.69. The number of nitrogens with one attached hydrogen (secondary N) is 1. The van der Waals surface area contributed by atoms with Gasteiger partial charge in [-0.25, -0.2) is 4.98 Å². The monoisotopic (exact) mass is 222 g/mol. The molecule has 0 aliphatic carbocycles. The Hall–Kier alpha value is -1.13. The van der Waals surface area contributed by atoms with Crippen molar-refractivity contribution in [1.29, 1.82) is 0 Å². The van der Waals surface area contributed by atoms with Crippen LogP contribution in [0.5, 0.6) is 0 Å². The Labute approximate surface area is 93.2 Å². The highest BCUT2D eigenvalue weighted by molar-refractivity contribution is 7.13. The van der Waals surface area contributed by atoms with Crippen molar-refractivity contribution in [3.8, 4) is 10.6 Å². The zero-order chi connectivity index (χ0) is 10.7. The first-order chi connectivity index (χ1) is 7.33. The van der Waals surface area contributed by atoms with Gasteiger partial charge in [-0.3, -0.25) is 0 Å². The molecule has 0 unspecified atom stereocenters. The van der Waals surface area contributed by atoms with E-state index in [4.69, 9.17) is 4.42 Å². The smallest absolute Gasteiger partial charge is 0.181 e. The van der Waals surface area contributed by atoms with Gasteiger partial charge in [0.25, 0.3) is 0 Å². The maximum Gasteiger partial charge on any atom is 0.181 e. The van der Waals surface area contributed by atoms with Crippen molar-refractivity contribution in [2.75, 3.05) is 6.54 Å². The molecule has 0 saturated carbocycles. The third-order valence-electron chi connectivity index (χ3n) is 2.25. The van der Waals surface area contributed by atoms with E-state index in [1.165, 1.54) is 16.8 Å². The molecule has 0 bridgehead atoms. The molecule has 2 rings (SSSR count). The van der Waals surface area contributed by atoms with Crippen LogP contribution >= 0.6 is 11.3 Å². The van der Waals surface area contributed by atoms with Gasteiger partial charge < -0.3 is 9.73 Å². The Balaban J connectivity index is 2.29. The van der Waals surface area contributed by atoms with E-state index in [1.807, 2.05) is 0 Å². The Morgan fingerprint density at radius 3 is 3.07 bits per heavy atom. The maximum absolute atomic E-state index is 5.45. The fourth-order valence-electron chi connectivity index (χ4n) is 1.43. The van der Waals surface area contributed by atoms with Crippen LogP contribution in [-0.4, -0.2) is 11.5 Å². The summed E-state index contributed by atoms with van der Waals surface area (Å²) in [6, 6.07) is 2.10. The van der Waals surface area contributed by atoms with E-state index in [-0.39, 0.29) is 0 Å². The zero-order valence-corrected chi connectivity index (χ0v) is 9.73. The molecule has 0 aliphatic heterocycles. The molecule has 15 heavy (non-hydrogen) atoms. The lowest BCUT2D eigenvalue weighted by Crippen LogP contribution is -2.12. The topological polar surface area (TPSA) is 38.1 Å². The van der Waals surface area contributed by atoms with Crippen LogP contribution in [0.2, 0.25) is 0 Å². The van der Waals surface area contributed by atoms with Gasteiger partial charge in [-0.2, -0.15) is 0 Å². The minimum Gasteiger partial charge on any atom is -0.442 e. The Bertz CT molecular complexity index is 433. The first-order valence-electron chi connectivity index (χ1n) is 5.00. The van der Waals surface area contributed by atoms with Gasteiger partial charge in [-0.1, -0.05) is 6.92 Å². The van der Waals surface area contributed by atoms with Crippen LogP contribution in [0.3, 0.4) is 0 Å². The third-order valence-corrected chi connectivity index (χ3v) is 3.27. The SMILES string of the molecule is CCNCc1ncoc1-c1sccc1C. The lowest BCUT2D eigenvalue weighted by Gasteiger charge is -2.00. The highest BCUT2D eigenvalue weighted by Gasteiger charge is 2.13. The van der Waals surface area contributed by atoms with Crippen molar-refractivity contribution in [1.82, 2.24) is 10.3 Å². The van der Waals surface area contributed by atoms with E-state index >= 15 is 0 Å². The number of oxazole rings is 1. The lowest BCUT2D eigenvalue weighted by atomic mass is 10.2. The Morgan fingerprint density at radius 2 is 2.40 bits per heavy atom. The van der Waals surface area contributed by atoms with Gasteiger partial charge >= 0.3 is 0 Å². The minimum absolute atomic E-state index is 0.764. The first-order valence-corrected chi connectivity index (χ1v) is 5.88. The number of hydrogen-bond acceptors (Lipinski definition) is 4. The van der Waals surface area contributed by atoms with Gasteiger partial charge in [0.05, 0.1) is 4.88 Å². The number of aryl methyl sites for hydroxylation is 1. The molecule has 0 aromatic carbocycles. The van der Waals surface area contributed by atoms with E-state index in [0.717, 1.165) is 24.5 Å². The molecule has 2 heterocycles. The molecule has 0 radical (unpaired) electrons. The van der Waals surface area contributed by atoms with Crippen molar-refractivity contribution in [2.24, 2.45) is 0 Å². The lowest BCUT2D eigenvalue weighted by molar-refractivity contribution is 0.571. The van der Waals surface area contributed by atoms with E-state index in [1.54, 1.807) is 11.3 Å². The standard InChI is InChI=1S/C11H14N2OS/c1-3-12-6-9-10(14-7-13-9)11-8(2)4-5-15-11/h4-5,7,12H,3,6H2,1-2H3. The van der Waals surface area contributed by atoms with Crippen LogP contribution in [-0.2, 0) is 6.54 Å². The Kier molecular flexibility index (Phi) is 3.18. The van der Waals surface area contributed by atoms with Gasteiger partial charge in [-0.05, 0) is 30.5 Å². The van der Waals surface area contributed by atoms with Crippen molar-refractivity contribution in [2.45, 2.75) is 20.4 Å². The van der Waals surface area contributed by atoms with Crippen molar-refractivity contribution in [3.05, 3.63) is 29.1 Å². The van der Waals surface area contributed by atoms with Gasteiger partial charge in [0.15, 0.2) is 12.2 Å². The van der Waals surface area contributed by atoms with Gasteiger partial charge in [0.2, 0.25) is 0 Å². The van der Waals surface area contributed by atoms with E-state index in [0.29, 0.717) is 0 Å². The molecule has 0 saturated heterocycles. The number of nitrogens with zero attached hydrogens (tertiary/aromatic N) is 1. The summed E-state index contributed by atoms with van der Waals surface area (Å²) in [7, 11) is 0. The molecule has 80 valence electrons. The molecular formula is C11H14N2OS. The van der Waals surface area contributed by atoms with Crippen LogP contribution in [0.4, 0.5) is 0 Å². The maximum atomic E-state index is 5.45. The zero-order valence-electron chi connectivity index (χ0n) is 8.91. The second kappa shape index (κ2) is 4.59. The molecule has 0 amide bonds. The average Bonchev–Trinajstić information content (AvgIpc) is 2.82. The summed E-state index contributed by atoms with van der Waals surface area (Å²) in [4.78, 5) is 5.41. The normalized spacial score (nSPS) is 10.8. The van der Waals surface area contributed by atoms with Crippen LogP contribution in [0.15, 0.2) is 22.3 Å². The quantitative estimate of drug-likeness (QED) is 0.864. The van der Waals surface area contributed by atoms with Crippen molar-refractivity contribution < 1.29 is 4.42 Å². The molecule has 0 spiro atoms. The van der Waals surface area contributed by atoms with Crippen LogP contribution in [0.1, 0.15) is 18.2 Å². The fraction of sp³-hybridized carbons (Fsp3) is 0.364. The molecule has 4 heteroatoms. The van der Waals surface area contributed by atoms with Gasteiger partial charge in [0, 0.05) is 6.54 Å². The molecule has 0 fully saturated rings. The van der Waals surface area contributed by atoms with Crippen molar-refractivity contribution in [3.63, 3.8) is 0 Å². The predicted molar refractivity (Wildman–Crippen MR) is 61.9 cm³/mol. The summed E-state index contributed by atoms with van der Waals surface area (Å²) < 4.78 is 5.45. The molecule has 1 N–H and O–H groups in total. The summed E-state index contributed by atoms with van der Waals surface area (Å²) in [5.74, 6) is 0.906. The fourth-order valence-corrected chi connectivity index (χ4v) is 2.36. The van der Waals surface area contributed by atoms with Crippen LogP contribution in [0.25, 0.3) is 10.6 Å². The van der Waals surface area contributed by atoms with Gasteiger partial charge in [-0.15, -0.1) is 11.3 Å². The Morgan fingerprint density at radius 1 is 1.53 bits per heavy atom. The number of aromatic nitrogens is 1. The summed E-state index contributed by atoms with van der Waals surface area (Å²) in [6.45, 7) is 5.87. The second-order valence-electron chi connectivity index (χ2n) is 3.34. The average molecular weight is 222 g/mol. The number of rotatable bonds is 4. The van der Waals surface area contributed by atoms with Crippen molar-refractivity contribution >= 4 is 11.3 Å². The second-order valence-corrected chi connectivity index (χ2v) is 4.26. The van der Waals surface area contributed by atoms with E-state index in [2.05, 4.69) is 35.6 Å². The first kappa shape index (κ1) is 10.4. The van der Waals surface area contributed by atoms with E-state index < -0.39 is 0 Å². The molecule has 2 aromatic heterocycles. The summed E-state index contributed by atoms with van der Waals surface area (Å²) in [5.41, 5.74) is 2.23. The third kappa shape index (κ3) is 2.11. The molecular weight excluding hydrogens is 208 g/mol. The van der Waals surface area contributed by atoms with Crippen LogP contribution in [0, 0.1) is 6.92 Å². The highest BCUT2D eigenvalue weighted by Crippen LogP contribution is 2.31. The molecule has 3 nitrogen and oxygen atoms in total. The van der Waals surface area contributed by atoms with Crippen LogP contribution < -0.4 is 5.32 Å². The minimum atomic E-state index is 0.764. The molecule has 0 atom stereocenters.